The highest BCUT2D eigenvalue weighted by Crippen LogP contribution is 2.27. The summed E-state index contributed by atoms with van der Waals surface area (Å²) in [7, 11) is 1.77. The largest absolute Gasteiger partial charge is 0.385 e. The molecule has 0 saturated carbocycles. The summed E-state index contributed by atoms with van der Waals surface area (Å²) >= 11 is 1.83. The summed E-state index contributed by atoms with van der Waals surface area (Å²) in [6.07, 6.45) is 0.971. The summed E-state index contributed by atoms with van der Waals surface area (Å²) in [6, 6.07) is 4.59. The molecule has 0 aliphatic carbocycles. The van der Waals surface area contributed by atoms with Gasteiger partial charge in [-0.1, -0.05) is 0 Å². The number of nitro benzene ring substituents is 1. The van der Waals surface area contributed by atoms with E-state index in [9.17, 15) is 14.9 Å². The molecule has 0 bridgehead atoms. The second-order valence-electron chi connectivity index (χ2n) is 4.95. The van der Waals surface area contributed by atoms with Gasteiger partial charge in [0.2, 0.25) is 0 Å². The lowest BCUT2D eigenvalue weighted by atomic mass is 10.1. The minimum absolute atomic E-state index is 0.0609. The van der Waals surface area contributed by atoms with Crippen molar-refractivity contribution in [2.45, 2.75) is 19.4 Å². The van der Waals surface area contributed by atoms with E-state index in [1.165, 1.54) is 12.1 Å². The summed E-state index contributed by atoms with van der Waals surface area (Å²) in [5.41, 5.74) is 0.949. The van der Waals surface area contributed by atoms with Crippen molar-refractivity contribution >= 4 is 29.0 Å². The number of carbonyl (C=O) groups excluding carboxylic acids is 1. The Balaban J connectivity index is 2.31. The predicted molar refractivity (Wildman–Crippen MR) is 85.1 cm³/mol. The average Bonchev–Trinajstić information content (AvgIpc) is 3.00. The highest BCUT2D eigenvalue weighted by Gasteiger charge is 2.27. The van der Waals surface area contributed by atoms with Crippen LogP contribution in [-0.2, 0) is 0 Å². The Bertz CT molecular complexity index is 544. The van der Waals surface area contributed by atoms with Crippen LogP contribution in [0.15, 0.2) is 18.2 Å². The molecule has 1 aromatic carbocycles. The zero-order valence-electron chi connectivity index (χ0n) is 12.2. The van der Waals surface area contributed by atoms with E-state index in [4.69, 9.17) is 0 Å². The number of rotatable bonds is 5. The normalized spacial score (nSPS) is 17.5. The van der Waals surface area contributed by atoms with Crippen LogP contribution in [0.4, 0.5) is 11.4 Å². The number of nitrogens with one attached hydrogen (secondary N) is 1. The Kier molecular flexibility index (Phi) is 5.06. The third-order valence-corrected chi connectivity index (χ3v) is 4.73. The van der Waals surface area contributed by atoms with Crippen molar-refractivity contribution < 1.29 is 9.72 Å². The molecule has 0 spiro atoms. The highest BCUT2D eigenvalue weighted by molar-refractivity contribution is 7.99. The molecule has 7 heteroatoms. The number of thioether (sulfide) groups is 1. The van der Waals surface area contributed by atoms with Crippen LogP contribution in [0, 0.1) is 10.1 Å². The fourth-order valence-electron chi connectivity index (χ4n) is 2.35. The molecule has 0 radical (unpaired) electrons. The van der Waals surface area contributed by atoms with E-state index in [0.717, 1.165) is 17.9 Å². The SMILES string of the molecule is CCNc1ccc([N+](=O)[O-])cc1C(=O)N(C)C1CCSC1. The number of hydrogen-bond acceptors (Lipinski definition) is 5. The van der Waals surface area contributed by atoms with Gasteiger partial charge in [-0.05, 0) is 25.2 Å². The Morgan fingerprint density at radius 3 is 2.90 bits per heavy atom. The molecule has 1 amide bonds. The van der Waals surface area contributed by atoms with Gasteiger partial charge in [-0.25, -0.2) is 0 Å². The molecule has 1 atom stereocenters. The first-order valence-corrected chi connectivity index (χ1v) is 8.07. The van der Waals surface area contributed by atoms with Crippen LogP contribution in [0.1, 0.15) is 23.7 Å². The Morgan fingerprint density at radius 1 is 1.57 bits per heavy atom. The summed E-state index contributed by atoms with van der Waals surface area (Å²) in [4.78, 5) is 24.8. The predicted octanol–water partition coefficient (Wildman–Crippen LogP) is 2.60. The maximum atomic E-state index is 12.7. The van der Waals surface area contributed by atoms with Crippen molar-refractivity contribution in [2.24, 2.45) is 0 Å². The number of carbonyl (C=O) groups is 1. The van der Waals surface area contributed by atoms with E-state index in [-0.39, 0.29) is 17.6 Å². The quantitative estimate of drug-likeness (QED) is 0.668. The number of hydrogen-bond donors (Lipinski definition) is 1. The van der Waals surface area contributed by atoms with Crippen molar-refractivity contribution in [3.63, 3.8) is 0 Å². The van der Waals surface area contributed by atoms with E-state index in [2.05, 4.69) is 5.32 Å². The molecule has 2 rings (SSSR count). The molecule has 1 heterocycles. The smallest absolute Gasteiger partial charge is 0.270 e. The summed E-state index contributed by atoms with van der Waals surface area (Å²) in [5, 5.41) is 14.0. The van der Waals surface area contributed by atoms with Crippen LogP contribution < -0.4 is 5.32 Å². The number of benzene rings is 1. The van der Waals surface area contributed by atoms with Gasteiger partial charge in [0.1, 0.15) is 0 Å². The maximum Gasteiger partial charge on any atom is 0.270 e. The summed E-state index contributed by atoms with van der Waals surface area (Å²) in [5.74, 6) is 1.81. The Morgan fingerprint density at radius 2 is 2.33 bits per heavy atom. The molecular weight excluding hydrogens is 290 g/mol. The Hall–Kier alpha value is -1.76. The van der Waals surface area contributed by atoms with Crippen LogP contribution in [0.5, 0.6) is 0 Å². The van der Waals surface area contributed by atoms with E-state index < -0.39 is 4.92 Å². The zero-order valence-corrected chi connectivity index (χ0v) is 13.0. The molecule has 0 aromatic heterocycles. The molecule has 1 N–H and O–H groups in total. The van der Waals surface area contributed by atoms with Crippen molar-refractivity contribution in [3.05, 3.63) is 33.9 Å². The van der Waals surface area contributed by atoms with Crippen molar-refractivity contribution in [1.82, 2.24) is 4.90 Å². The fraction of sp³-hybridized carbons (Fsp3) is 0.500. The molecule has 1 saturated heterocycles. The molecule has 114 valence electrons. The lowest BCUT2D eigenvalue weighted by molar-refractivity contribution is -0.384. The van der Waals surface area contributed by atoms with Gasteiger partial charge in [-0.2, -0.15) is 11.8 Å². The minimum Gasteiger partial charge on any atom is -0.385 e. The highest BCUT2D eigenvalue weighted by atomic mass is 32.2. The topological polar surface area (TPSA) is 75.5 Å². The number of amides is 1. The van der Waals surface area contributed by atoms with E-state index in [1.807, 2.05) is 18.7 Å². The molecule has 1 unspecified atom stereocenters. The van der Waals surface area contributed by atoms with Gasteiger partial charge in [0, 0.05) is 43.2 Å². The van der Waals surface area contributed by atoms with Gasteiger partial charge < -0.3 is 10.2 Å². The first-order chi connectivity index (χ1) is 10.0. The number of nitro groups is 1. The van der Waals surface area contributed by atoms with Gasteiger partial charge in [0.15, 0.2) is 0 Å². The number of nitrogens with zero attached hydrogens (tertiary/aromatic N) is 2. The number of anilines is 1. The maximum absolute atomic E-state index is 12.7. The van der Waals surface area contributed by atoms with Gasteiger partial charge in [-0.3, -0.25) is 14.9 Å². The van der Waals surface area contributed by atoms with Gasteiger partial charge in [0.05, 0.1) is 10.5 Å². The minimum atomic E-state index is -0.474. The molecular formula is C14H19N3O3S. The third-order valence-electron chi connectivity index (χ3n) is 3.59. The zero-order chi connectivity index (χ0) is 15.4. The molecule has 1 fully saturated rings. The first kappa shape index (κ1) is 15.6. The first-order valence-electron chi connectivity index (χ1n) is 6.91. The van der Waals surface area contributed by atoms with Crippen molar-refractivity contribution in [3.8, 4) is 0 Å². The van der Waals surface area contributed by atoms with Crippen LogP contribution >= 0.6 is 11.8 Å². The van der Waals surface area contributed by atoms with Crippen LogP contribution in [0.25, 0.3) is 0 Å². The molecule has 6 nitrogen and oxygen atoms in total. The molecule has 1 aliphatic rings. The average molecular weight is 309 g/mol. The standard InChI is InChI=1S/C14H19N3O3S/c1-3-15-13-5-4-10(17(19)20)8-12(13)14(18)16(2)11-6-7-21-9-11/h4-5,8,11,15H,3,6-7,9H2,1-2H3. The second kappa shape index (κ2) is 6.80. The van der Waals surface area contributed by atoms with E-state index >= 15 is 0 Å². The van der Waals surface area contributed by atoms with Crippen LogP contribution in [0.3, 0.4) is 0 Å². The van der Waals surface area contributed by atoms with Gasteiger partial charge >= 0.3 is 0 Å². The summed E-state index contributed by atoms with van der Waals surface area (Å²) in [6.45, 7) is 2.58. The Labute approximate surface area is 128 Å². The fourth-order valence-corrected chi connectivity index (χ4v) is 3.62. The lowest BCUT2D eigenvalue weighted by Gasteiger charge is -2.25. The van der Waals surface area contributed by atoms with Crippen molar-refractivity contribution in [2.75, 3.05) is 30.4 Å². The molecule has 1 aliphatic heterocycles. The lowest BCUT2D eigenvalue weighted by Crippen LogP contribution is -2.37. The van der Waals surface area contributed by atoms with Crippen molar-refractivity contribution in [1.29, 1.82) is 0 Å². The van der Waals surface area contributed by atoms with Crippen LogP contribution in [0.2, 0.25) is 0 Å². The van der Waals surface area contributed by atoms with E-state index in [1.54, 1.807) is 18.0 Å². The number of non-ortho nitro benzene ring substituents is 1. The van der Waals surface area contributed by atoms with Gasteiger partial charge in [0.25, 0.3) is 11.6 Å². The monoisotopic (exact) mass is 309 g/mol. The molecule has 21 heavy (non-hydrogen) atoms. The van der Waals surface area contributed by atoms with E-state index in [0.29, 0.717) is 17.8 Å². The summed E-state index contributed by atoms with van der Waals surface area (Å²) < 4.78 is 0. The third kappa shape index (κ3) is 3.47. The van der Waals surface area contributed by atoms with Gasteiger partial charge in [-0.15, -0.1) is 0 Å². The van der Waals surface area contributed by atoms with Crippen LogP contribution in [-0.4, -0.2) is 46.9 Å². The molecule has 1 aromatic rings. The second-order valence-corrected chi connectivity index (χ2v) is 6.10.